The summed E-state index contributed by atoms with van der Waals surface area (Å²) in [5.41, 5.74) is 0.233. The van der Waals surface area contributed by atoms with Crippen molar-refractivity contribution in [3.8, 4) is 0 Å². The summed E-state index contributed by atoms with van der Waals surface area (Å²) in [6.45, 7) is 11.9. The third kappa shape index (κ3) is 5.01. The molecule has 1 saturated heterocycles. The van der Waals surface area contributed by atoms with E-state index in [9.17, 15) is 0 Å². The highest BCUT2D eigenvalue weighted by Crippen LogP contribution is 2.30. The fourth-order valence-electron chi connectivity index (χ4n) is 5.00. The van der Waals surface area contributed by atoms with E-state index in [1.54, 1.807) is 0 Å². The lowest BCUT2D eigenvalue weighted by Crippen LogP contribution is -2.63. The van der Waals surface area contributed by atoms with Gasteiger partial charge in [-0.05, 0) is 84.7 Å². The second-order valence-corrected chi connectivity index (χ2v) is 9.91. The van der Waals surface area contributed by atoms with Gasteiger partial charge in [0.2, 0.25) is 0 Å². The van der Waals surface area contributed by atoms with E-state index in [1.165, 1.54) is 25.7 Å². The monoisotopic (exact) mass is 377 g/mol. The van der Waals surface area contributed by atoms with Gasteiger partial charge in [0, 0.05) is 23.2 Å². The first-order valence-electron chi connectivity index (χ1n) is 10.1. The fraction of sp³-hybridized carbons (Fsp3) is 0.762. The number of hydrogen-bond donors (Lipinski definition) is 2. The van der Waals surface area contributed by atoms with E-state index in [1.807, 2.05) is 13.0 Å². The number of thiocarbonyl (C=S) groups is 1. The second kappa shape index (κ2) is 7.51. The molecule has 0 spiro atoms. The molecule has 2 N–H and O–H groups in total. The molecule has 1 aliphatic carbocycles. The standard InChI is InChI=1S/C21H35N3OS/c1-15-10-11-18(25-15)14-24(17-8-6-7-9-17)19(26)22-16-12-20(2,3)23-21(4,5)13-16/h10-11,16-17,23H,6-9,12-14H2,1-5H3,(H,22,26). The van der Waals surface area contributed by atoms with Crippen LogP contribution < -0.4 is 10.6 Å². The molecule has 0 amide bonds. The highest BCUT2D eigenvalue weighted by molar-refractivity contribution is 7.80. The molecule has 146 valence electrons. The van der Waals surface area contributed by atoms with Gasteiger partial charge < -0.3 is 20.0 Å². The SMILES string of the molecule is Cc1ccc(CN(C(=S)NC2CC(C)(C)NC(C)(C)C2)C2CCCC2)o1. The first-order valence-corrected chi connectivity index (χ1v) is 10.5. The van der Waals surface area contributed by atoms with Crippen molar-refractivity contribution in [1.29, 1.82) is 0 Å². The number of aryl methyl sites for hydroxylation is 1. The molecule has 26 heavy (non-hydrogen) atoms. The van der Waals surface area contributed by atoms with Gasteiger partial charge in [0.15, 0.2) is 5.11 Å². The quantitative estimate of drug-likeness (QED) is 0.755. The number of hydrogen-bond acceptors (Lipinski definition) is 3. The minimum atomic E-state index is 0.116. The maximum atomic E-state index is 5.90. The molecule has 4 nitrogen and oxygen atoms in total. The van der Waals surface area contributed by atoms with Gasteiger partial charge in [-0.3, -0.25) is 0 Å². The van der Waals surface area contributed by atoms with Crippen LogP contribution in [0.15, 0.2) is 16.5 Å². The predicted molar refractivity (Wildman–Crippen MR) is 111 cm³/mol. The molecular formula is C21H35N3OS. The average Bonchev–Trinajstić information content (AvgIpc) is 3.12. The largest absolute Gasteiger partial charge is 0.464 e. The van der Waals surface area contributed by atoms with Gasteiger partial charge in [-0.2, -0.15) is 0 Å². The maximum Gasteiger partial charge on any atom is 0.169 e. The number of nitrogens with one attached hydrogen (secondary N) is 2. The Hall–Kier alpha value is -1.07. The number of rotatable bonds is 4. The Morgan fingerprint density at radius 3 is 2.35 bits per heavy atom. The lowest BCUT2D eigenvalue weighted by Gasteiger charge is -2.47. The summed E-state index contributed by atoms with van der Waals surface area (Å²) in [6, 6.07) is 5.05. The predicted octanol–water partition coefficient (Wildman–Crippen LogP) is 4.52. The first kappa shape index (κ1) is 19.7. The van der Waals surface area contributed by atoms with Crippen LogP contribution in [0.2, 0.25) is 0 Å². The fourth-order valence-corrected chi connectivity index (χ4v) is 5.38. The topological polar surface area (TPSA) is 40.4 Å². The third-order valence-corrected chi connectivity index (χ3v) is 6.02. The van der Waals surface area contributed by atoms with Crippen molar-refractivity contribution in [2.45, 2.75) is 103 Å². The van der Waals surface area contributed by atoms with Crippen molar-refractivity contribution in [3.63, 3.8) is 0 Å². The highest BCUT2D eigenvalue weighted by atomic mass is 32.1. The summed E-state index contributed by atoms with van der Waals surface area (Å²) in [4.78, 5) is 2.38. The van der Waals surface area contributed by atoms with Crippen molar-refractivity contribution in [2.24, 2.45) is 0 Å². The number of nitrogens with zero attached hydrogens (tertiary/aromatic N) is 1. The molecule has 1 aliphatic heterocycles. The molecule has 0 aromatic carbocycles. The molecule has 5 heteroatoms. The lowest BCUT2D eigenvalue weighted by atomic mass is 9.80. The van der Waals surface area contributed by atoms with E-state index in [0.29, 0.717) is 12.1 Å². The van der Waals surface area contributed by atoms with E-state index in [-0.39, 0.29) is 11.1 Å². The first-order chi connectivity index (χ1) is 12.1. The average molecular weight is 378 g/mol. The van der Waals surface area contributed by atoms with Crippen LogP contribution in [0.5, 0.6) is 0 Å². The van der Waals surface area contributed by atoms with Crippen LogP contribution in [0.25, 0.3) is 0 Å². The molecular weight excluding hydrogens is 342 g/mol. The minimum absolute atomic E-state index is 0.116. The van der Waals surface area contributed by atoms with Crippen molar-refractivity contribution >= 4 is 17.3 Å². The Morgan fingerprint density at radius 2 is 1.81 bits per heavy atom. The molecule has 1 saturated carbocycles. The van der Waals surface area contributed by atoms with Crippen LogP contribution >= 0.6 is 12.2 Å². The third-order valence-electron chi connectivity index (χ3n) is 5.67. The van der Waals surface area contributed by atoms with E-state index in [4.69, 9.17) is 16.6 Å². The zero-order valence-corrected chi connectivity index (χ0v) is 17.8. The van der Waals surface area contributed by atoms with Crippen LogP contribution in [0.1, 0.15) is 77.7 Å². The molecule has 2 heterocycles. The zero-order chi connectivity index (χ0) is 18.9. The molecule has 1 aromatic rings. The molecule has 0 radical (unpaired) electrons. The molecule has 2 fully saturated rings. The van der Waals surface area contributed by atoms with Gasteiger partial charge in [-0.1, -0.05) is 12.8 Å². The Labute approximate surface area is 164 Å². The van der Waals surface area contributed by atoms with Crippen LogP contribution in [-0.4, -0.2) is 33.2 Å². The summed E-state index contributed by atoms with van der Waals surface area (Å²) in [5.74, 6) is 1.97. The van der Waals surface area contributed by atoms with Gasteiger partial charge in [-0.15, -0.1) is 0 Å². The van der Waals surface area contributed by atoms with Crippen molar-refractivity contribution in [2.75, 3.05) is 0 Å². The van der Waals surface area contributed by atoms with Gasteiger partial charge in [0.05, 0.1) is 6.54 Å². The molecule has 2 aliphatic rings. The van der Waals surface area contributed by atoms with E-state index >= 15 is 0 Å². The Bertz CT molecular complexity index is 615. The van der Waals surface area contributed by atoms with Crippen molar-refractivity contribution in [1.82, 2.24) is 15.5 Å². The smallest absolute Gasteiger partial charge is 0.169 e. The summed E-state index contributed by atoms with van der Waals surface area (Å²) >= 11 is 5.90. The second-order valence-electron chi connectivity index (χ2n) is 9.53. The number of piperidine rings is 1. The summed E-state index contributed by atoms with van der Waals surface area (Å²) in [6.07, 6.45) is 7.21. The Kier molecular flexibility index (Phi) is 5.69. The van der Waals surface area contributed by atoms with Gasteiger partial charge in [0.25, 0.3) is 0 Å². The van der Waals surface area contributed by atoms with Crippen LogP contribution in [0, 0.1) is 6.92 Å². The maximum absolute atomic E-state index is 5.90. The normalized spacial score (nSPS) is 23.1. The highest BCUT2D eigenvalue weighted by Gasteiger charge is 2.38. The van der Waals surface area contributed by atoms with Crippen LogP contribution in [0.3, 0.4) is 0 Å². The van der Waals surface area contributed by atoms with Crippen LogP contribution in [-0.2, 0) is 6.54 Å². The Morgan fingerprint density at radius 1 is 1.19 bits per heavy atom. The van der Waals surface area contributed by atoms with Crippen molar-refractivity contribution < 1.29 is 4.42 Å². The summed E-state index contributed by atoms with van der Waals surface area (Å²) in [7, 11) is 0. The lowest BCUT2D eigenvalue weighted by molar-refractivity contribution is 0.152. The summed E-state index contributed by atoms with van der Waals surface area (Å²) in [5, 5.41) is 8.35. The van der Waals surface area contributed by atoms with Crippen LogP contribution in [0.4, 0.5) is 0 Å². The van der Waals surface area contributed by atoms with Crippen molar-refractivity contribution in [3.05, 3.63) is 23.7 Å². The van der Waals surface area contributed by atoms with Gasteiger partial charge >= 0.3 is 0 Å². The van der Waals surface area contributed by atoms with E-state index in [2.05, 4.69) is 49.3 Å². The Balaban J connectivity index is 1.70. The summed E-state index contributed by atoms with van der Waals surface area (Å²) < 4.78 is 5.84. The molecule has 0 atom stereocenters. The van der Waals surface area contributed by atoms with E-state index in [0.717, 1.165) is 36.0 Å². The van der Waals surface area contributed by atoms with Gasteiger partial charge in [-0.25, -0.2) is 0 Å². The zero-order valence-electron chi connectivity index (χ0n) is 17.0. The van der Waals surface area contributed by atoms with E-state index < -0.39 is 0 Å². The molecule has 0 unspecified atom stereocenters. The van der Waals surface area contributed by atoms with Gasteiger partial charge in [0.1, 0.15) is 11.5 Å². The molecule has 0 bridgehead atoms. The minimum Gasteiger partial charge on any atom is -0.464 e. The molecule has 1 aromatic heterocycles. The molecule has 3 rings (SSSR count). The number of furan rings is 1.